The number of aromatic nitrogens is 3. The number of amides is 1. The molecular weight excluding hydrogens is 434 g/mol. The lowest BCUT2D eigenvalue weighted by atomic mass is 9.95. The molecule has 0 radical (unpaired) electrons. The fourth-order valence-electron chi connectivity index (χ4n) is 4.32. The van der Waals surface area contributed by atoms with E-state index in [0.29, 0.717) is 5.02 Å². The van der Waals surface area contributed by atoms with Crippen molar-refractivity contribution in [1.82, 2.24) is 14.6 Å². The average molecular weight is 460 g/mol. The van der Waals surface area contributed by atoms with E-state index in [4.69, 9.17) is 16.7 Å². The van der Waals surface area contributed by atoms with Gasteiger partial charge in [-0.15, -0.1) is 0 Å². The van der Waals surface area contributed by atoms with Gasteiger partial charge in [-0.1, -0.05) is 41.4 Å². The van der Waals surface area contributed by atoms with Crippen molar-refractivity contribution in [1.29, 1.82) is 0 Å². The van der Waals surface area contributed by atoms with E-state index >= 15 is 0 Å². The van der Waals surface area contributed by atoms with Crippen LogP contribution < -0.4 is 10.2 Å². The van der Waals surface area contributed by atoms with E-state index in [1.807, 2.05) is 73.0 Å². The van der Waals surface area contributed by atoms with E-state index in [9.17, 15) is 4.79 Å². The first kappa shape index (κ1) is 21.5. The second-order valence-electron chi connectivity index (χ2n) is 8.68. The van der Waals surface area contributed by atoms with Crippen molar-refractivity contribution in [3.63, 3.8) is 0 Å². The number of benzene rings is 2. The van der Waals surface area contributed by atoms with E-state index in [0.717, 1.165) is 60.0 Å². The summed E-state index contributed by atoms with van der Waals surface area (Å²) < 4.78 is 1.91. The number of nitrogens with zero attached hydrogens (tertiary/aromatic N) is 4. The number of carbonyl (C=O) groups is 1. The second-order valence-corrected chi connectivity index (χ2v) is 9.12. The maximum Gasteiger partial charge on any atom is 0.227 e. The lowest BCUT2D eigenvalue weighted by Gasteiger charge is -2.33. The Morgan fingerprint density at radius 3 is 2.39 bits per heavy atom. The van der Waals surface area contributed by atoms with Crippen LogP contribution in [0.3, 0.4) is 0 Å². The summed E-state index contributed by atoms with van der Waals surface area (Å²) in [7, 11) is 0. The number of anilines is 2. The standard InChI is InChI=1S/C26H26ClN5O/c1-17-3-9-22(10-4-17)29-26(33)20-11-13-31(14-12-20)25-15-18(2)28-24-16-23(30-32(24)25)19-5-7-21(27)8-6-19/h3-10,15-16,20H,11-14H2,1-2H3,(H,29,33). The van der Waals surface area contributed by atoms with Gasteiger partial charge in [0.2, 0.25) is 5.91 Å². The van der Waals surface area contributed by atoms with E-state index < -0.39 is 0 Å². The van der Waals surface area contributed by atoms with Crippen molar-refractivity contribution in [2.24, 2.45) is 5.92 Å². The van der Waals surface area contributed by atoms with Crippen LogP contribution in [0.1, 0.15) is 24.1 Å². The Kier molecular flexibility index (Phi) is 5.77. The summed E-state index contributed by atoms with van der Waals surface area (Å²) in [6, 6.07) is 19.7. The molecule has 168 valence electrons. The van der Waals surface area contributed by atoms with Gasteiger partial charge < -0.3 is 10.2 Å². The summed E-state index contributed by atoms with van der Waals surface area (Å²) in [4.78, 5) is 19.8. The molecule has 1 fully saturated rings. The second kappa shape index (κ2) is 8.87. The Bertz CT molecular complexity index is 1290. The third-order valence-corrected chi connectivity index (χ3v) is 6.44. The summed E-state index contributed by atoms with van der Waals surface area (Å²) in [5, 5.41) is 8.60. The van der Waals surface area contributed by atoms with Crippen LogP contribution in [0, 0.1) is 19.8 Å². The van der Waals surface area contributed by atoms with Gasteiger partial charge in [0, 0.05) is 53.1 Å². The number of piperidine rings is 1. The molecule has 1 N–H and O–H groups in total. The van der Waals surface area contributed by atoms with Crippen LogP contribution in [0.4, 0.5) is 11.5 Å². The summed E-state index contributed by atoms with van der Waals surface area (Å²) in [6.07, 6.45) is 1.59. The number of hydrogen-bond acceptors (Lipinski definition) is 4. The molecule has 0 bridgehead atoms. The maximum atomic E-state index is 12.8. The largest absolute Gasteiger partial charge is 0.356 e. The van der Waals surface area contributed by atoms with Crippen molar-refractivity contribution in [2.45, 2.75) is 26.7 Å². The number of nitrogens with one attached hydrogen (secondary N) is 1. The van der Waals surface area contributed by atoms with Gasteiger partial charge in [0.15, 0.2) is 5.65 Å². The Morgan fingerprint density at radius 1 is 1.00 bits per heavy atom. The Hall–Kier alpha value is -3.38. The van der Waals surface area contributed by atoms with Crippen LogP contribution in [0.5, 0.6) is 0 Å². The highest BCUT2D eigenvalue weighted by atomic mass is 35.5. The molecule has 0 atom stereocenters. The minimum atomic E-state index is 0.00299. The van der Waals surface area contributed by atoms with E-state index in [1.165, 1.54) is 5.56 Å². The van der Waals surface area contributed by atoms with Crippen LogP contribution in [0.15, 0.2) is 60.7 Å². The van der Waals surface area contributed by atoms with Crippen LogP contribution in [0.25, 0.3) is 16.9 Å². The third-order valence-electron chi connectivity index (χ3n) is 6.19. The predicted molar refractivity (Wildman–Crippen MR) is 133 cm³/mol. The molecule has 1 aliphatic rings. The van der Waals surface area contributed by atoms with Crippen LogP contribution in [-0.2, 0) is 4.79 Å². The third kappa shape index (κ3) is 4.57. The number of halogens is 1. The maximum absolute atomic E-state index is 12.8. The van der Waals surface area contributed by atoms with Crippen molar-refractivity contribution in [3.05, 3.63) is 76.9 Å². The number of carbonyl (C=O) groups excluding carboxylic acids is 1. The molecule has 0 saturated carbocycles. The lowest BCUT2D eigenvalue weighted by molar-refractivity contribution is -0.120. The quantitative estimate of drug-likeness (QED) is 0.436. The highest BCUT2D eigenvalue weighted by Gasteiger charge is 2.27. The number of rotatable bonds is 4. The molecular formula is C26H26ClN5O. The molecule has 5 rings (SSSR count). The van der Waals surface area contributed by atoms with Crippen molar-refractivity contribution >= 4 is 34.7 Å². The van der Waals surface area contributed by atoms with Gasteiger partial charge in [0.05, 0.1) is 5.69 Å². The molecule has 0 aliphatic carbocycles. The van der Waals surface area contributed by atoms with Gasteiger partial charge in [-0.3, -0.25) is 4.79 Å². The van der Waals surface area contributed by atoms with Crippen LogP contribution in [-0.4, -0.2) is 33.6 Å². The minimum Gasteiger partial charge on any atom is -0.356 e. The Labute approximate surface area is 198 Å². The van der Waals surface area contributed by atoms with E-state index in [1.54, 1.807) is 0 Å². The van der Waals surface area contributed by atoms with Crippen molar-refractivity contribution in [2.75, 3.05) is 23.3 Å². The van der Waals surface area contributed by atoms with Crippen LogP contribution >= 0.6 is 11.6 Å². The van der Waals surface area contributed by atoms with Gasteiger partial charge in [0.1, 0.15) is 5.82 Å². The highest BCUT2D eigenvalue weighted by molar-refractivity contribution is 6.30. The van der Waals surface area contributed by atoms with Crippen LogP contribution in [0.2, 0.25) is 5.02 Å². The molecule has 33 heavy (non-hydrogen) atoms. The predicted octanol–water partition coefficient (Wildman–Crippen LogP) is 5.52. The topological polar surface area (TPSA) is 62.5 Å². The SMILES string of the molecule is Cc1ccc(NC(=O)C2CCN(c3cc(C)nc4cc(-c5ccc(Cl)cc5)nn34)CC2)cc1. The zero-order chi connectivity index (χ0) is 22.9. The molecule has 6 nitrogen and oxygen atoms in total. The normalized spacial score (nSPS) is 14.6. The summed E-state index contributed by atoms with van der Waals surface area (Å²) in [6.45, 7) is 5.62. The number of hydrogen-bond donors (Lipinski definition) is 1. The highest BCUT2D eigenvalue weighted by Crippen LogP contribution is 2.28. The molecule has 2 aromatic heterocycles. The minimum absolute atomic E-state index is 0.00299. The molecule has 1 saturated heterocycles. The molecule has 0 unspecified atom stereocenters. The average Bonchev–Trinajstić information content (AvgIpc) is 3.24. The van der Waals surface area contributed by atoms with Crippen molar-refractivity contribution in [3.8, 4) is 11.3 Å². The number of fused-ring (bicyclic) bond motifs is 1. The monoisotopic (exact) mass is 459 g/mol. The molecule has 2 aromatic carbocycles. The smallest absolute Gasteiger partial charge is 0.227 e. The van der Waals surface area contributed by atoms with Crippen molar-refractivity contribution < 1.29 is 4.79 Å². The first-order valence-electron chi connectivity index (χ1n) is 11.2. The molecule has 1 amide bonds. The van der Waals surface area contributed by atoms with Gasteiger partial charge >= 0.3 is 0 Å². The molecule has 1 aliphatic heterocycles. The fraction of sp³-hybridized carbons (Fsp3) is 0.269. The number of aryl methyl sites for hydroxylation is 2. The van der Waals surface area contributed by atoms with Gasteiger partial charge in [-0.2, -0.15) is 9.61 Å². The lowest BCUT2D eigenvalue weighted by Crippen LogP contribution is -2.39. The molecule has 7 heteroatoms. The zero-order valence-corrected chi connectivity index (χ0v) is 19.5. The van der Waals surface area contributed by atoms with Gasteiger partial charge in [-0.25, -0.2) is 4.98 Å². The first-order valence-corrected chi connectivity index (χ1v) is 11.6. The first-order chi connectivity index (χ1) is 16.0. The Morgan fingerprint density at radius 2 is 1.70 bits per heavy atom. The van der Waals surface area contributed by atoms with E-state index in [2.05, 4.69) is 21.3 Å². The zero-order valence-electron chi connectivity index (χ0n) is 18.8. The summed E-state index contributed by atoms with van der Waals surface area (Å²) >= 11 is 6.04. The Balaban J connectivity index is 1.33. The molecule has 3 heterocycles. The summed E-state index contributed by atoms with van der Waals surface area (Å²) in [5.74, 6) is 1.11. The molecule has 0 spiro atoms. The fourth-order valence-corrected chi connectivity index (χ4v) is 4.45. The van der Waals surface area contributed by atoms with E-state index in [-0.39, 0.29) is 11.8 Å². The van der Waals surface area contributed by atoms with Gasteiger partial charge in [0.25, 0.3) is 0 Å². The summed E-state index contributed by atoms with van der Waals surface area (Å²) in [5.41, 5.74) is 5.65. The van der Waals surface area contributed by atoms with Gasteiger partial charge in [-0.05, 0) is 51.0 Å². The molecule has 4 aromatic rings.